The quantitative estimate of drug-likeness (QED) is 0.793. The fourth-order valence-corrected chi connectivity index (χ4v) is 2.29. The molecule has 0 fully saturated rings. The maximum atomic E-state index is 12.0. The Bertz CT molecular complexity index is 797. The summed E-state index contributed by atoms with van der Waals surface area (Å²) in [5.41, 5.74) is 10.2. The fourth-order valence-electron chi connectivity index (χ4n) is 2.29. The summed E-state index contributed by atoms with van der Waals surface area (Å²) in [5.74, 6) is -0.325. The zero-order valence-electron chi connectivity index (χ0n) is 11.3. The number of hydrogen-bond acceptors (Lipinski definition) is 3. The number of aromatic nitrogens is 1. The molecule has 0 atom stereocenters. The van der Waals surface area contributed by atoms with Crippen LogP contribution in [0.4, 0.5) is 0 Å². The van der Waals surface area contributed by atoms with Gasteiger partial charge in [0.25, 0.3) is 0 Å². The first-order valence-electron chi connectivity index (χ1n) is 6.55. The van der Waals surface area contributed by atoms with Crippen molar-refractivity contribution in [2.45, 2.75) is 20.0 Å². The summed E-state index contributed by atoms with van der Waals surface area (Å²) < 4.78 is 6.93. The summed E-state index contributed by atoms with van der Waals surface area (Å²) in [7, 11) is 0. The van der Waals surface area contributed by atoms with Gasteiger partial charge < -0.3 is 10.2 Å². The average molecular weight is 268 g/mol. The standard InChI is InChI=1S/C16H16N2O2/c1-11-2-7-14-15(8-11)20-16(19)18(14)10-13-5-3-12(9-17)4-6-13/h2-8H,9-10,17H2,1H3. The SMILES string of the molecule is Cc1ccc2c(c1)oc(=O)n2Cc1ccc(CN)cc1. The van der Waals surface area contributed by atoms with Crippen molar-refractivity contribution < 1.29 is 4.42 Å². The van der Waals surface area contributed by atoms with Gasteiger partial charge in [0.1, 0.15) is 0 Å². The van der Waals surface area contributed by atoms with E-state index in [4.69, 9.17) is 10.2 Å². The molecule has 4 nitrogen and oxygen atoms in total. The van der Waals surface area contributed by atoms with Gasteiger partial charge in [0.15, 0.2) is 5.58 Å². The molecule has 102 valence electrons. The molecule has 4 heteroatoms. The predicted molar refractivity (Wildman–Crippen MR) is 78.6 cm³/mol. The molecular weight excluding hydrogens is 252 g/mol. The average Bonchev–Trinajstić information content (AvgIpc) is 2.75. The van der Waals surface area contributed by atoms with Gasteiger partial charge in [0, 0.05) is 6.54 Å². The summed E-state index contributed by atoms with van der Waals surface area (Å²) in [6.45, 7) is 3.00. The maximum Gasteiger partial charge on any atom is 0.420 e. The van der Waals surface area contributed by atoms with Crippen LogP contribution in [0.1, 0.15) is 16.7 Å². The van der Waals surface area contributed by atoms with Crippen LogP contribution in [0.25, 0.3) is 11.1 Å². The minimum absolute atomic E-state index is 0.325. The number of fused-ring (bicyclic) bond motifs is 1. The Morgan fingerprint density at radius 1 is 1.10 bits per heavy atom. The summed E-state index contributed by atoms with van der Waals surface area (Å²) in [6, 6.07) is 13.7. The van der Waals surface area contributed by atoms with E-state index in [1.54, 1.807) is 4.57 Å². The van der Waals surface area contributed by atoms with Gasteiger partial charge in [-0.25, -0.2) is 4.79 Å². The van der Waals surface area contributed by atoms with Crippen LogP contribution in [0.2, 0.25) is 0 Å². The molecule has 0 saturated heterocycles. The molecule has 2 aromatic carbocycles. The molecular formula is C16H16N2O2. The smallest absolute Gasteiger partial charge is 0.408 e. The molecule has 3 aromatic rings. The van der Waals surface area contributed by atoms with Crippen LogP contribution in [-0.2, 0) is 13.1 Å². The second-order valence-corrected chi connectivity index (χ2v) is 4.95. The Labute approximate surface area is 116 Å². The Morgan fingerprint density at radius 2 is 1.80 bits per heavy atom. The molecule has 0 unspecified atom stereocenters. The largest absolute Gasteiger partial charge is 0.420 e. The zero-order chi connectivity index (χ0) is 14.1. The summed E-state index contributed by atoms with van der Waals surface area (Å²) in [4.78, 5) is 12.0. The van der Waals surface area contributed by atoms with Crippen molar-refractivity contribution in [2.24, 2.45) is 5.73 Å². The van der Waals surface area contributed by atoms with Crippen LogP contribution in [0.15, 0.2) is 51.7 Å². The number of oxazole rings is 1. The third-order valence-electron chi connectivity index (χ3n) is 3.42. The Hall–Kier alpha value is -2.33. The highest BCUT2D eigenvalue weighted by Gasteiger charge is 2.09. The van der Waals surface area contributed by atoms with Crippen molar-refractivity contribution in [3.8, 4) is 0 Å². The van der Waals surface area contributed by atoms with Gasteiger partial charge in [0.05, 0.1) is 12.1 Å². The first-order chi connectivity index (χ1) is 9.67. The van der Waals surface area contributed by atoms with Crippen LogP contribution in [0.5, 0.6) is 0 Å². The number of nitrogens with two attached hydrogens (primary N) is 1. The van der Waals surface area contributed by atoms with Gasteiger partial charge in [-0.15, -0.1) is 0 Å². The third kappa shape index (κ3) is 2.26. The first-order valence-corrected chi connectivity index (χ1v) is 6.55. The Kier molecular flexibility index (Phi) is 3.16. The lowest BCUT2D eigenvalue weighted by Crippen LogP contribution is -2.14. The molecule has 1 aromatic heterocycles. The van der Waals surface area contributed by atoms with Crippen molar-refractivity contribution in [1.82, 2.24) is 4.57 Å². The minimum Gasteiger partial charge on any atom is -0.408 e. The lowest BCUT2D eigenvalue weighted by atomic mass is 10.1. The van der Waals surface area contributed by atoms with Crippen LogP contribution < -0.4 is 11.5 Å². The number of hydrogen-bond donors (Lipinski definition) is 1. The van der Waals surface area contributed by atoms with Crippen molar-refractivity contribution >= 4 is 11.1 Å². The lowest BCUT2D eigenvalue weighted by Gasteiger charge is -2.04. The van der Waals surface area contributed by atoms with E-state index in [0.29, 0.717) is 18.7 Å². The van der Waals surface area contributed by atoms with Crippen LogP contribution in [-0.4, -0.2) is 4.57 Å². The van der Waals surface area contributed by atoms with Gasteiger partial charge in [-0.1, -0.05) is 30.3 Å². The fraction of sp³-hybridized carbons (Fsp3) is 0.188. The van der Waals surface area contributed by atoms with Crippen molar-refractivity contribution in [3.63, 3.8) is 0 Å². The topological polar surface area (TPSA) is 61.2 Å². The second-order valence-electron chi connectivity index (χ2n) is 4.95. The Balaban J connectivity index is 2.01. The maximum absolute atomic E-state index is 12.0. The van der Waals surface area contributed by atoms with Gasteiger partial charge in [-0.05, 0) is 35.7 Å². The number of nitrogens with zero attached hydrogens (tertiary/aromatic N) is 1. The highest BCUT2D eigenvalue weighted by Crippen LogP contribution is 2.16. The molecule has 20 heavy (non-hydrogen) atoms. The van der Waals surface area contributed by atoms with Crippen LogP contribution in [0.3, 0.4) is 0 Å². The van der Waals surface area contributed by atoms with E-state index < -0.39 is 0 Å². The highest BCUT2D eigenvalue weighted by atomic mass is 16.4. The summed E-state index contributed by atoms with van der Waals surface area (Å²) in [6.07, 6.45) is 0. The van der Waals surface area contributed by atoms with E-state index in [-0.39, 0.29) is 5.76 Å². The molecule has 2 N–H and O–H groups in total. The molecule has 0 aliphatic heterocycles. The second kappa shape index (κ2) is 4.98. The molecule has 0 radical (unpaired) electrons. The van der Waals surface area contributed by atoms with E-state index in [9.17, 15) is 4.79 Å². The number of benzene rings is 2. The number of aryl methyl sites for hydroxylation is 1. The lowest BCUT2D eigenvalue weighted by molar-refractivity contribution is 0.517. The van der Waals surface area contributed by atoms with E-state index in [1.165, 1.54) is 0 Å². The van der Waals surface area contributed by atoms with Gasteiger partial charge in [-0.3, -0.25) is 4.57 Å². The molecule has 0 aliphatic carbocycles. The van der Waals surface area contributed by atoms with E-state index in [1.807, 2.05) is 49.4 Å². The number of rotatable bonds is 3. The zero-order valence-corrected chi connectivity index (χ0v) is 11.3. The van der Waals surface area contributed by atoms with Crippen molar-refractivity contribution in [1.29, 1.82) is 0 Å². The molecule has 0 amide bonds. The molecule has 0 spiro atoms. The molecule has 3 rings (SSSR count). The van der Waals surface area contributed by atoms with Gasteiger partial charge in [0.2, 0.25) is 0 Å². The normalized spacial score (nSPS) is 11.1. The van der Waals surface area contributed by atoms with Crippen LogP contribution >= 0.6 is 0 Å². The van der Waals surface area contributed by atoms with Crippen LogP contribution in [0, 0.1) is 6.92 Å². The summed E-state index contributed by atoms with van der Waals surface area (Å²) >= 11 is 0. The molecule has 0 bridgehead atoms. The van der Waals surface area contributed by atoms with E-state index in [0.717, 1.165) is 22.2 Å². The third-order valence-corrected chi connectivity index (χ3v) is 3.42. The van der Waals surface area contributed by atoms with Crippen molar-refractivity contribution in [2.75, 3.05) is 0 Å². The highest BCUT2D eigenvalue weighted by molar-refractivity contribution is 5.73. The molecule has 0 saturated carbocycles. The minimum atomic E-state index is -0.325. The molecule has 1 heterocycles. The first kappa shape index (κ1) is 12.7. The molecule has 0 aliphatic rings. The Morgan fingerprint density at radius 3 is 2.50 bits per heavy atom. The predicted octanol–water partition coefficient (Wildman–Crippen LogP) is 2.41. The van der Waals surface area contributed by atoms with Gasteiger partial charge >= 0.3 is 5.76 Å². The van der Waals surface area contributed by atoms with E-state index >= 15 is 0 Å². The van der Waals surface area contributed by atoms with Crippen molar-refractivity contribution in [3.05, 3.63) is 69.7 Å². The monoisotopic (exact) mass is 268 g/mol. The summed E-state index contributed by atoms with van der Waals surface area (Å²) in [5, 5.41) is 0. The van der Waals surface area contributed by atoms with Gasteiger partial charge in [-0.2, -0.15) is 0 Å². The van der Waals surface area contributed by atoms with E-state index in [2.05, 4.69) is 0 Å².